The summed E-state index contributed by atoms with van der Waals surface area (Å²) in [6.45, 7) is 18.0. The summed E-state index contributed by atoms with van der Waals surface area (Å²) in [7, 11) is 0. The van der Waals surface area contributed by atoms with Gasteiger partial charge in [-0.15, -0.1) is 6.58 Å². The summed E-state index contributed by atoms with van der Waals surface area (Å²) < 4.78 is 2.13. The van der Waals surface area contributed by atoms with E-state index in [-0.39, 0.29) is 5.41 Å². The second-order valence-electron chi connectivity index (χ2n) is 6.36. The molecule has 0 saturated heterocycles. The summed E-state index contributed by atoms with van der Waals surface area (Å²) in [5, 5.41) is 8.19. The van der Waals surface area contributed by atoms with Crippen LogP contribution in [0, 0.1) is 11.3 Å². The molecule has 0 saturated carbocycles. The monoisotopic (exact) mass is 277 g/mol. The molecule has 0 radical (unpaired) electrons. The summed E-state index contributed by atoms with van der Waals surface area (Å²) in [5.41, 5.74) is 2.58. The maximum absolute atomic E-state index is 4.64. The summed E-state index contributed by atoms with van der Waals surface area (Å²) >= 11 is 0. The van der Waals surface area contributed by atoms with Crippen LogP contribution in [-0.2, 0) is 19.4 Å². The van der Waals surface area contributed by atoms with E-state index in [0.717, 1.165) is 32.5 Å². The predicted octanol–water partition coefficient (Wildman–Crippen LogP) is 3.45. The van der Waals surface area contributed by atoms with Gasteiger partial charge in [0.1, 0.15) is 0 Å². The lowest BCUT2D eigenvalue weighted by molar-refractivity contribution is 0.367. The zero-order valence-electron chi connectivity index (χ0n) is 13.9. The van der Waals surface area contributed by atoms with Gasteiger partial charge in [-0.05, 0) is 38.3 Å². The van der Waals surface area contributed by atoms with Crippen molar-refractivity contribution >= 4 is 0 Å². The molecule has 0 aliphatic heterocycles. The Hall–Kier alpha value is -1.09. The van der Waals surface area contributed by atoms with Gasteiger partial charge in [-0.2, -0.15) is 5.10 Å². The molecule has 1 rings (SSSR count). The van der Waals surface area contributed by atoms with Crippen LogP contribution >= 0.6 is 0 Å². The lowest BCUT2D eigenvalue weighted by Crippen LogP contribution is -2.34. The predicted molar refractivity (Wildman–Crippen MR) is 87.0 cm³/mol. The quantitative estimate of drug-likeness (QED) is 0.701. The SMILES string of the molecule is C=CC(C)(CNCC(C)C)Cc1cc(CC)nn1CC. The highest BCUT2D eigenvalue weighted by atomic mass is 15.3. The molecule has 114 valence electrons. The molecule has 0 aliphatic carbocycles. The van der Waals surface area contributed by atoms with E-state index in [1.165, 1.54) is 11.4 Å². The average Bonchev–Trinajstić information content (AvgIpc) is 2.80. The number of hydrogen-bond acceptors (Lipinski definition) is 2. The van der Waals surface area contributed by atoms with Gasteiger partial charge in [-0.1, -0.05) is 33.8 Å². The van der Waals surface area contributed by atoms with E-state index in [0.29, 0.717) is 5.92 Å². The number of aryl methyl sites for hydroxylation is 2. The van der Waals surface area contributed by atoms with E-state index in [4.69, 9.17) is 0 Å². The molecular formula is C17H31N3. The van der Waals surface area contributed by atoms with Crippen LogP contribution in [0.4, 0.5) is 0 Å². The van der Waals surface area contributed by atoms with Crippen molar-refractivity contribution in [3.63, 3.8) is 0 Å². The first-order valence-corrected chi connectivity index (χ1v) is 7.84. The second kappa shape index (κ2) is 7.63. The van der Waals surface area contributed by atoms with Gasteiger partial charge in [-0.3, -0.25) is 4.68 Å². The van der Waals surface area contributed by atoms with E-state index >= 15 is 0 Å². The van der Waals surface area contributed by atoms with Crippen molar-refractivity contribution < 1.29 is 0 Å². The van der Waals surface area contributed by atoms with Gasteiger partial charge < -0.3 is 5.32 Å². The van der Waals surface area contributed by atoms with Crippen LogP contribution in [0.1, 0.15) is 46.0 Å². The fourth-order valence-electron chi connectivity index (χ4n) is 2.37. The van der Waals surface area contributed by atoms with E-state index < -0.39 is 0 Å². The first-order chi connectivity index (χ1) is 9.44. The highest BCUT2D eigenvalue weighted by Crippen LogP contribution is 2.24. The number of nitrogens with one attached hydrogen (secondary N) is 1. The average molecular weight is 277 g/mol. The molecule has 0 fully saturated rings. The molecule has 1 N–H and O–H groups in total. The maximum atomic E-state index is 4.64. The van der Waals surface area contributed by atoms with Crippen LogP contribution in [0.25, 0.3) is 0 Å². The molecule has 1 aromatic heterocycles. The van der Waals surface area contributed by atoms with E-state index in [2.05, 4.69) is 68.4 Å². The molecule has 1 aromatic rings. The Kier molecular flexibility index (Phi) is 6.47. The van der Waals surface area contributed by atoms with Crippen molar-refractivity contribution in [2.75, 3.05) is 13.1 Å². The number of aromatic nitrogens is 2. The van der Waals surface area contributed by atoms with Crippen molar-refractivity contribution in [2.45, 2.75) is 54.0 Å². The van der Waals surface area contributed by atoms with Gasteiger partial charge in [-0.25, -0.2) is 0 Å². The van der Waals surface area contributed by atoms with Gasteiger partial charge in [0.15, 0.2) is 0 Å². The summed E-state index contributed by atoms with van der Waals surface area (Å²) in [5.74, 6) is 0.678. The molecule has 20 heavy (non-hydrogen) atoms. The van der Waals surface area contributed by atoms with Crippen LogP contribution in [0.15, 0.2) is 18.7 Å². The van der Waals surface area contributed by atoms with Crippen molar-refractivity contribution in [3.8, 4) is 0 Å². The first-order valence-electron chi connectivity index (χ1n) is 7.84. The van der Waals surface area contributed by atoms with E-state index in [1.54, 1.807) is 0 Å². The third kappa shape index (κ3) is 4.78. The Balaban J connectivity index is 2.75. The fraction of sp³-hybridized carbons (Fsp3) is 0.706. The summed E-state index contributed by atoms with van der Waals surface area (Å²) in [6, 6.07) is 2.24. The summed E-state index contributed by atoms with van der Waals surface area (Å²) in [6.07, 6.45) is 4.07. The van der Waals surface area contributed by atoms with Crippen molar-refractivity contribution in [1.82, 2.24) is 15.1 Å². The molecule has 1 unspecified atom stereocenters. The van der Waals surface area contributed by atoms with Crippen LogP contribution in [-0.4, -0.2) is 22.9 Å². The van der Waals surface area contributed by atoms with Crippen molar-refractivity contribution in [2.24, 2.45) is 11.3 Å². The second-order valence-corrected chi connectivity index (χ2v) is 6.36. The van der Waals surface area contributed by atoms with E-state index in [9.17, 15) is 0 Å². The molecule has 0 spiro atoms. The lowest BCUT2D eigenvalue weighted by Gasteiger charge is -2.27. The maximum Gasteiger partial charge on any atom is 0.0624 e. The fourth-order valence-corrected chi connectivity index (χ4v) is 2.37. The minimum absolute atomic E-state index is 0.0762. The van der Waals surface area contributed by atoms with Gasteiger partial charge >= 0.3 is 0 Å². The molecule has 0 aliphatic rings. The van der Waals surface area contributed by atoms with Crippen molar-refractivity contribution in [3.05, 3.63) is 30.1 Å². The number of hydrogen-bond donors (Lipinski definition) is 1. The zero-order chi connectivity index (χ0) is 15.2. The Morgan fingerprint density at radius 1 is 1.45 bits per heavy atom. The molecule has 0 amide bonds. The summed E-state index contributed by atoms with van der Waals surface area (Å²) in [4.78, 5) is 0. The molecular weight excluding hydrogens is 246 g/mol. The van der Waals surface area contributed by atoms with Crippen LogP contribution in [0.2, 0.25) is 0 Å². The molecule has 3 heteroatoms. The standard InChI is InChI=1S/C17H31N3/c1-7-15-10-16(20(9-3)19-15)11-17(6,8-2)13-18-12-14(4)5/h8,10,14,18H,2,7,9,11-13H2,1,3-6H3. The minimum atomic E-state index is 0.0762. The van der Waals surface area contributed by atoms with Gasteiger partial charge in [0, 0.05) is 24.2 Å². The molecule has 1 heterocycles. The zero-order valence-corrected chi connectivity index (χ0v) is 13.9. The van der Waals surface area contributed by atoms with Gasteiger partial charge in [0.2, 0.25) is 0 Å². The molecule has 1 atom stereocenters. The van der Waals surface area contributed by atoms with Gasteiger partial charge in [0.25, 0.3) is 0 Å². The van der Waals surface area contributed by atoms with Crippen molar-refractivity contribution in [1.29, 1.82) is 0 Å². The normalized spacial score (nSPS) is 14.5. The van der Waals surface area contributed by atoms with Crippen LogP contribution in [0.3, 0.4) is 0 Å². The van der Waals surface area contributed by atoms with Crippen LogP contribution in [0.5, 0.6) is 0 Å². The van der Waals surface area contributed by atoms with Crippen LogP contribution < -0.4 is 5.32 Å². The highest BCUT2D eigenvalue weighted by molar-refractivity contribution is 5.14. The Labute approximate surface area is 124 Å². The minimum Gasteiger partial charge on any atom is -0.316 e. The highest BCUT2D eigenvalue weighted by Gasteiger charge is 2.23. The molecule has 0 bridgehead atoms. The topological polar surface area (TPSA) is 29.9 Å². The third-order valence-corrected chi connectivity index (χ3v) is 3.73. The Morgan fingerprint density at radius 3 is 2.65 bits per heavy atom. The van der Waals surface area contributed by atoms with Gasteiger partial charge in [0.05, 0.1) is 5.69 Å². The lowest BCUT2D eigenvalue weighted by atomic mass is 9.85. The molecule has 3 nitrogen and oxygen atoms in total. The number of rotatable bonds is 9. The largest absolute Gasteiger partial charge is 0.316 e. The third-order valence-electron chi connectivity index (χ3n) is 3.73. The van der Waals surface area contributed by atoms with E-state index in [1.807, 2.05) is 0 Å². The number of nitrogens with zero attached hydrogens (tertiary/aromatic N) is 2. The smallest absolute Gasteiger partial charge is 0.0624 e. The first kappa shape index (κ1) is 17.0. The Morgan fingerprint density at radius 2 is 2.15 bits per heavy atom. The molecule has 0 aromatic carbocycles. The Bertz CT molecular complexity index is 420.